The summed E-state index contributed by atoms with van der Waals surface area (Å²) < 4.78 is 23.2. The molecule has 31 heavy (non-hydrogen) atoms. The summed E-state index contributed by atoms with van der Waals surface area (Å²) in [5, 5.41) is 10.9. The molecule has 3 heterocycles. The number of hydrogen-bond acceptors (Lipinski definition) is 7. The van der Waals surface area contributed by atoms with Gasteiger partial charge < -0.3 is 19.5 Å². The summed E-state index contributed by atoms with van der Waals surface area (Å²) in [5.74, 6) is -2.04. The van der Waals surface area contributed by atoms with Crippen molar-refractivity contribution >= 4 is 22.8 Å². The van der Waals surface area contributed by atoms with Gasteiger partial charge in [-0.25, -0.2) is 14.2 Å². The van der Waals surface area contributed by atoms with Crippen molar-refractivity contribution in [1.29, 1.82) is 0 Å². The minimum atomic E-state index is -0.868. The number of carbonyl (C=O) groups is 2. The Morgan fingerprint density at radius 3 is 2.55 bits per heavy atom. The lowest BCUT2D eigenvalue weighted by atomic mass is 10.0. The molecule has 9 heteroatoms. The number of amides is 1. The smallest absolute Gasteiger partial charge is 0.360 e. The number of pyridine rings is 2. The van der Waals surface area contributed by atoms with Gasteiger partial charge in [-0.2, -0.15) is 0 Å². The SMILES string of the molecule is COC(=O)c1nc(C(=O)N2CCOCC2)c2cc(Cc3ccc(F)cc3)cnc2c1O. The number of nitrogens with zero attached hydrogens (tertiary/aromatic N) is 3. The quantitative estimate of drug-likeness (QED) is 0.640. The van der Waals surface area contributed by atoms with Crippen LogP contribution in [0.3, 0.4) is 0 Å². The van der Waals surface area contributed by atoms with Gasteiger partial charge in [0, 0.05) is 24.7 Å². The van der Waals surface area contributed by atoms with Crippen molar-refractivity contribution in [2.45, 2.75) is 6.42 Å². The van der Waals surface area contributed by atoms with Crippen molar-refractivity contribution in [2.75, 3.05) is 33.4 Å². The second-order valence-electron chi connectivity index (χ2n) is 7.10. The predicted molar refractivity (Wildman–Crippen MR) is 108 cm³/mol. The van der Waals surface area contributed by atoms with Crippen LogP contribution >= 0.6 is 0 Å². The topological polar surface area (TPSA) is 102 Å². The summed E-state index contributed by atoms with van der Waals surface area (Å²) in [4.78, 5) is 35.3. The average Bonchev–Trinajstić information content (AvgIpc) is 2.80. The number of methoxy groups -OCH3 is 1. The van der Waals surface area contributed by atoms with Gasteiger partial charge in [0.15, 0.2) is 11.4 Å². The number of morpholine rings is 1. The maximum Gasteiger partial charge on any atom is 0.360 e. The monoisotopic (exact) mass is 425 g/mol. The second-order valence-corrected chi connectivity index (χ2v) is 7.10. The number of halogens is 1. The molecule has 1 fully saturated rings. The van der Waals surface area contributed by atoms with E-state index in [9.17, 15) is 19.1 Å². The fourth-order valence-corrected chi connectivity index (χ4v) is 3.47. The Bertz CT molecular complexity index is 1140. The highest BCUT2D eigenvalue weighted by molar-refractivity contribution is 6.08. The van der Waals surface area contributed by atoms with Crippen molar-refractivity contribution in [3.05, 3.63) is 64.9 Å². The van der Waals surface area contributed by atoms with E-state index in [1.165, 1.54) is 18.3 Å². The fourth-order valence-electron chi connectivity index (χ4n) is 3.47. The number of carbonyl (C=O) groups excluding carboxylic acids is 2. The van der Waals surface area contributed by atoms with Gasteiger partial charge >= 0.3 is 5.97 Å². The molecule has 0 unspecified atom stereocenters. The number of aromatic hydroxyl groups is 1. The summed E-state index contributed by atoms with van der Waals surface area (Å²) in [6.07, 6.45) is 1.98. The van der Waals surface area contributed by atoms with E-state index in [1.807, 2.05) is 0 Å². The first-order chi connectivity index (χ1) is 15.0. The van der Waals surface area contributed by atoms with E-state index in [1.54, 1.807) is 23.1 Å². The first-order valence-corrected chi connectivity index (χ1v) is 9.69. The first kappa shape index (κ1) is 20.7. The number of fused-ring (bicyclic) bond motifs is 1. The molecule has 4 rings (SSSR count). The Morgan fingerprint density at radius 2 is 1.87 bits per heavy atom. The Labute approximate surface area is 177 Å². The van der Waals surface area contributed by atoms with Crippen LogP contribution in [0, 0.1) is 5.82 Å². The highest BCUT2D eigenvalue weighted by Crippen LogP contribution is 2.30. The highest BCUT2D eigenvalue weighted by Gasteiger charge is 2.27. The molecule has 2 aromatic heterocycles. The first-order valence-electron chi connectivity index (χ1n) is 9.69. The number of esters is 1. The molecule has 1 N–H and O–H groups in total. The molecular weight excluding hydrogens is 405 g/mol. The Morgan fingerprint density at radius 1 is 1.16 bits per heavy atom. The summed E-state index contributed by atoms with van der Waals surface area (Å²) in [6.45, 7) is 1.58. The van der Waals surface area contributed by atoms with Crippen LogP contribution in [0.4, 0.5) is 4.39 Å². The van der Waals surface area contributed by atoms with E-state index in [0.717, 1.165) is 18.2 Å². The van der Waals surface area contributed by atoms with Crippen LogP contribution in [0.25, 0.3) is 10.9 Å². The molecule has 0 bridgehead atoms. The van der Waals surface area contributed by atoms with Crippen LogP contribution in [0.1, 0.15) is 32.1 Å². The maximum atomic E-state index is 13.2. The Kier molecular flexibility index (Phi) is 5.77. The van der Waals surface area contributed by atoms with Crippen LogP contribution in [-0.2, 0) is 15.9 Å². The zero-order chi connectivity index (χ0) is 22.0. The summed E-state index contributed by atoms with van der Waals surface area (Å²) in [7, 11) is 1.16. The lowest BCUT2D eigenvalue weighted by molar-refractivity contribution is 0.0300. The highest BCUT2D eigenvalue weighted by atomic mass is 19.1. The molecule has 1 saturated heterocycles. The van der Waals surface area contributed by atoms with Crippen LogP contribution in [0.15, 0.2) is 36.5 Å². The summed E-state index contributed by atoms with van der Waals surface area (Å²) in [5.41, 5.74) is 1.30. The molecule has 160 valence electrons. The van der Waals surface area contributed by atoms with Gasteiger partial charge in [0.05, 0.1) is 20.3 Å². The van der Waals surface area contributed by atoms with Crippen molar-refractivity contribution in [2.24, 2.45) is 0 Å². The number of benzene rings is 1. The zero-order valence-corrected chi connectivity index (χ0v) is 16.8. The molecule has 1 amide bonds. The summed E-state index contributed by atoms with van der Waals surface area (Å²) >= 11 is 0. The molecule has 1 aliphatic rings. The van der Waals surface area contributed by atoms with Gasteiger partial charge in [0.25, 0.3) is 5.91 Å². The molecule has 0 saturated carbocycles. The Balaban J connectivity index is 1.82. The van der Waals surface area contributed by atoms with E-state index in [4.69, 9.17) is 9.47 Å². The Hall–Kier alpha value is -3.59. The summed E-state index contributed by atoms with van der Waals surface area (Å²) in [6, 6.07) is 7.76. The van der Waals surface area contributed by atoms with Crippen LogP contribution in [-0.4, -0.2) is 65.3 Å². The molecule has 0 radical (unpaired) electrons. The van der Waals surface area contributed by atoms with Gasteiger partial charge in [-0.15, -0.1) is 0 Å². The van der Waals surface area contributed by atoms with E-state index < -0.39 is 11.7 Å². The number of ether oxygens (including phenoxy) is 2. The average molecular weight is 425 g/mol. The van der Waals surface area contributed by atoms with E-state index in [-0.39, 0.29) is 28.6 Å². The van der Waals surface area contributed by atoms with E-state index in [2.05, 4.69) is 9.97 Å². The van der Waals surface area contributed by atoms with Crippen LogP contribution in [0.5, 0.6) is 5.75 Å². The maximum absolute atomic E-state index is 13.2. The lowest BCUT2D eigenvalue weighted by Crippen LogP contribution is -2.41. The van der Waals surface area contributed by atoms with Gasteiger partial charge in [-0.05, 0) is 35.7 Å². The minimum absolute atomic E-state index is 0.00329. The van der Waals surface area contributed by atoms with Gasteiger partial charge in [0.1, 0.15) is 17.0 Å². The predicted octanol–water partition coefficient (Wildman–Crippen LogP) is 2.32. The third kappa shape index (κ3) is 4.17. The van der Waals surface area contributed by atoms with E-state index in [0.29, 0.717) is 38.1 Å². The molecular formula is C22H20FN3O5. The van der Waals surface area contributed by atoms with Crippen molar-refractivity contribution in [3.8, 4) is 5.75 Å². The second kappa shape index (κ2) is 8.65. The van der Waals surface area contributed by atoms with Crippen LogP contribution < -0.4 is 0 Å². The number of rotatable bonds is 4. The largest absolute Gasteiger partial charge is 0.504 e. The molecule has 1 aromatic carbocycles. The van der Waals surface area contributed by atoms with Crippen molar-refractivity contribution < 1.29 is 28.6 Å². The molecule has 0 aliphatic carbocycles. The normalized spacial score (nSPS) is 13.9. The van der Waals surface area contributed by atoms with Gasteiger partial charge in [0.2, 0.25) is 0 Å². The van der Waals surface area contributed by atoms with Crippen molar-refractivity contribution in [3.63, 3.8) is 0 Å². The number of hydrogen-bond donors (Lipinski definition) is 1. The van der Waals surface area contributed by atoms with Crippen LogP contribution in [0.2, 0.25) is 0 Å². The molecule has 3 aromatic rings. The fraction of sp³-hybridized carbons (Fsp3) is 0.273. The van der Waals surface area contributed by atoms with Gasteiger partial charge in [-0.3, -0.25) is 9.78 Å². The number of aromatic nitrogens is 2. The molecule has 0 spiro atoms. The molecule has 1 aliphatic heterocycles. The standard InChI is InChI=1S/C22H20FN3O5/c1-30-22(29)19-20(27)17-16(18(25-19)21(28)26-6-8-31-9-7-26)11-14(12-24-17)10-13-2-4-15(23)5-3-13/h2-5,11-12,27H,6-10H2,1H3. The van der Waals surface area contributed by atoms with Gasteiger partial charge in [-0.1, -0.05) is 12.1 Å². The third-order valence-corrected chi connectivity index (χ3v) is 5.07. The van der Waals surface area contributed by atoms with E-state index >= 15 is 0 Å². The zero-order valence-electron chi connectivity index (χ0n) is 16.8. The molecule has 0 atom stereocenters. The molecule has 8 nitrogen and oxygen atoms in total. The minimum Gasteiger partial charge on any atom is -0.504 e. The van der Waals surface area contributed by atoms with Crippen molar-refractivity contribution in [1.82, 2.24) is 14.9 Å². The third-order valence-electron chi connectivity index (χ3n) is 5.07. The lowest BCUT2D eigenvalue weighted by Gasteiger charge is -2.27.